The molecule has 0 bridgehead atoms. The van der Waals surface area contributed by atoms with Crippen molar-refractivity contribution < 1.29 is 4.74 Å². The molecule has 0 aliphatic carbocycles. The van der Waals surface area contributed by atoms with Gasteiger partial charge in [0.05, 0.1) is 6.61 Å². The Morgan fingerprint density at radius 2 is 1.95 bits per heavy atom. The second-order valence-corrected chi connectivity index (χ2v) is 8.17. The van der Waals surface area contributed by atoms with Gasteiger partial charge in [-0.1, -0.05) is 47.0 Å². The molecule has 0 radical (unpaired) electrons. The summed E-state index contributed by atoms with van der Waals surface area (Å²) in [6.45, 7) is 12.0. The molecule has 0 saturated carbocycles. The highest BCUT2D eigenvalue weighted by atomic mass is 32.1. The average Bonchev–Trinajstić information content (AvgIpc) is 2.30. The van der Waals surface area contributed by atoms with Crippen LogP contribution in [0.25, 0.3) is 0 Å². The molecule has 1 aliphatic heterocycles. The summed E-state index contributed by atoms with van der Waals surface area (Å²) in [5.74, 6) is 1.42. The maximum Gasteiger partial charge on any atom is 0.187 e. The van der Waals surface area contributed by atoms with Gasteiger partial charge >= 0.3 is 0 Å². The van der Waals surface area contributed by atoms with Gasteiger partial charge in [-0.05, 0) is 38.0 Å². The first-order valence-corrected chi connectivity index (χ1v) is 8.69. The summed E-state index contributed by atoms with van der Waals surface area (Å²) >= 11 is 4.78. The maximum atomic E-state index is 6.04. The lowest BCUT2D eigenvalue weighted by molar-refractivity contribution is 0.171. The molecule has 0 saturated heterocycles. The third kappa shape index (κ3) is 6.07. The Morgan fingerprint density at radius 3 is 2.55 bits per heavy atom. The van der Waals surface area contributed by atoms with E-state index in [4.69, 9.17) is 22.4 Å². The van der Waals surface area contributed by atoms with Crippen molar-refractivity contribution in [2.45, 2.75) is 84.4 Å². The monoisotopic (exact) mass is 299 g/mol. The van der Waals surface area contributed by atoms with E-state index in [2.05, 4.69) is 34.6 Å². The van der Waals surface area contributed by atoms with E-state index in [0.717, 1.165) is 31.8 Å². The summed E-state index contributed by atoms with van der Waals surface area (Å²) in [6.07, 6.45) is 8.21. The van der Waals surface area contributed by atoms with E-state index in [-0.39, 0.29) is 10.3 Å². The van der Waals surface area contributed by atoms with Gasteiger partial charge in [0.1, 0.15) is 4.87 Å². The van der Waals surface area contributed by atoms with Crippen molar-refractivity contribution in [3.05, 3.63) is 0 Å². The number of ether oxygens (including phenoxy) is 1. The van der Waals surface area contributed by atoms with Crippen LogP contribution in [-0.2, 0) is 4.74 Å². The Morgan fingerprint density at radius 1 is 1.25 bits per heavy atom. The third-order valence-corrected chi connectivity index (χ3v) is 4.45. The molecule has 0 aromatic heterocycles. The van der Waals surface area contributed by atoms with Crippen molar-refractivity contribution >= 4 is 18.5 Å². The zero-order chi connectivity index (χ0) is 15.2. The molecule has 2 unspecified atom stereocenters. The van der Waals surface area contributed by atoms with Crippen LogP contribution in [0.15, 0.2) is 4.99 Å². The normalized spacial score (nSPS) is 28.0. The SMILES string of the molecule is CCCCCC(CC)C1=NC(C)(S)CC(C)(C)CCO1. The van der Waals surface area contributed by atoms with Crippen molar-refractivity contribution in [1.29, 1.82) is 0 Å². The molecule has 1 aliphatic rings. The lowest BCUT2D eigenvalue weighted by Gasteiger charge is -2.35. The summed E-state index contributed by atoms with van der Waals surface area (Å²) in [7, 11) is 0. The molecule has 1 heterocycles. The van der Waals surface area contributed by atoms with Gasteiger partial charge in [0.15, 0.2) is 5.90 Å². The summed E-state index contributed by atoms with van der Waals surface area (Å²) in [6, 6.07) is 0. The van der Waals surface area contributed by atoms with Gasteiger partial charge in [-0.25, -0.2) is 4.99 Å². The minimum Gasteiger partial charge on any atom is -0.481 e. The third-order valence-electron chi connectivity index (χ3n) is 4.19. The fourth-order valence-electron chi connectivity index (χ4n) is 3.09. The zero-order valence-corrected chi connectivity index (χ0v) is 14.9. The second kappa shape index (κ2) is 7.72. The van der Waals surface area contributed by atoms with Crippen LogP contribution in [0.4, 0.5) is 0 Å². The second-order valence-electron chi connectivity index (χ2n) is 7.21. The van der Waals surface area contributed by atoms with Crippen LogP contribution in [0.5, 0.6) is 0 Å². The Balaban J connectivity index is 2.79. The van der Waals surface area contributed by atoms with Crippen molar-refractivity contribution in [2.75, 3.05) is 6.61 Å². The minimum atomic E-state index is -0.308. The van der Waals surface area contributed by atoms with Crippen molar-refractivity contribution in [2.24, 2.45) is 16.3 Å². The smallest absolute Gasteiger partial charge is 0.187 e. The fourth-order valence-corrected chi connectivity index (χ4v) is 3.61. The highest BCUT2D eigenvalue weighted by molar-refractivity contribution is 7.81. The first-order valence-electron chi connectivity index (χ1n) is 8.24. The maximum absolute atomic E-state index is 6.04. The molecule has 0 aromatic carbocycles. The van der Waals surface area contributed by atoms with Crippen LogP contribution >= 0.6 is 12.6 Å². The molecule has 0 spiro atoms. The van der Waals surface area contributed by atoms with Gasteiger partial charge in [0.2, 0.25) is 0 Å². The van der Waals surface area contributed by atoms with E-state index in [0.29, 0.717) is 5.92 Å². The Bertz CT molecular complexity index is 323. The van der Waals surface area contributed by atoms with Crippen LogP contribution in [0, 0.1) is 11.3 Å². The lowest BCUT2D eigenvalue weighted by atomic mass is 9.82. The number of nitrogens with zero attached hydrogens (tertiary/aromatic N) is 1. The van der Waals surface area contributed by atoms with Crippen molar-refractivity contribution in [3.8, 4) is 0 Å². The Labute approximate surface area is 131 Å². The number of unbranched alkanes of at least 4 members (excludes halogenated alkanes) is 2. The van der Waals surface area contributed by atoms with Gasteiger partial charge < -0.3 is 4.74 Å². The molecular formula is C17H33NOS. The number of thiol groups is 1. The topological polar surface area (TPSA) is 21.6 Å². The predicted molar refractivity (Wildman–Crippen MR) is 91.7 cm³/mol. The zero-order valence-electron chi connectivity index (χ0n) is 14.0. The molecule has 20 heavy (non-hydrogen) atoms. The van der Waals surface area contributed by atoms with E-state index in [1.165, 1.54) is 25.7 Å². The van der Waals surface area contributed by atoms with Gasteiger partial charge in [-0.3, -0.25) is 0 Å². The standard InChI is InChI=1S/C17H33NOS/c1-6-8-9-10-14(7-2)15-18-17(5,20)13-16(3,4)11-12-19-15/h14,20H,6-13H2,1-5H3. The average molecular weight is 300 g/mol. The predicted octanol–water partition coefficient (Wildman–Crippen LogP) is 5.47. The van der Waals surface area contributed by atoms with E-state index in [1.807, 2.05) is 0 Å². The molecule has 0 N–H and O–H groups in total. The number of hydrogen-bond donors (Lipinski definition) is 1. The molecular weight excluding hydrogens is 266 g/mol. The number of aliphatic imine (C=N–C) groups is 1. The molecule has 1 rings (SSSR count). The van der Waals surface area contributed by atoms with Gasteiger partial charge in [0.25, 0.3) is 0 Å². The van der Waals surface area contributed by atoms with Gasteiger partial charge in [0, 0.05) is 5.92 Å². The van der Waals surface area contributed by atoms with Crippen LogP contribution in [0.2, 0.25) is 0 Å². The summed E-state index contributed by atoms with van der Waals surface area (Å²) in [4.78, 5) is 4.56. The molecule has 2 atom stereocenters. The molecule has 3 heteroatoms. The molecule has 0 fully saturated rings. The Kier molecular flexibility index (Phi) is 6.90. The fraction of sp³-hybridized carbons (Fsp3) is 0.941. The first-order chi connectivity index (χ1) is 9.29. The summed E-state index contributed by atoms with van der Waals surface area (Å²) in [5, 5.41) is 0. The van der Waals surface area contributed by atoms with Crippen LogP contribution < -0.4 is 0 Å². The van der Waals surface area contributed by atoms with E-state index in [9.17, 15) is 0 Å². The highest BCUT2D eigenvalue weighted by Gasteiger charge is 2.33. The van der Waals surface area contributed by atoms with E-state index >= 15 is 0 Å². The number of hydrogen-bond acceptors (Lipinski definition) is 3. The molecule has 0 aromatic rings. The van der Waals surface area contributed by atoms with E-state index < -0.39 is 0 Å². The Hall–Kier alpha value is -0.180. The van der Waals surface area contributed by atoms with Crippen molar-refractivity contribution in [3.63, 3.8) is 0 Å². The lowest BCUT2D eigenvalue weighted by Crippen LogP contribution is -2.33. The van der Waals surface area contributed by atoms with Crippen molar-refractivity contribution in [1.82, 2.24) is 0 Å². The quantitative estimate of drug-likeness (QED) is 0.509. The molecule has 2 nitrogen and oxygen atoms in total. The highest BCUT2D eigenvalue weighted by Crippen LogP contribution is 2.38. The van der Waals surface area contributed by atoms with E-state index in [1.54, 1.807) is 0 Å². The number of rotatable bonds is 6. The minimum absolute atomic E-state index is 0.245. The summed E-state index contributed by atoms with van der Waals surface area (Å²) in [5.41, 5.74) is 0.245. The van der Waals surface area contributed by atoms with Gasteiger partial charge in [-0.2, -0.15) is 0 Å². The van der Waals surface area contributed by atoms with Crippen LogP contribution in [0.1, 0.15) is 79.6 Å². The molecule has 118 valence electrons. The first kappa shape index (κ1) is 17.9. The summed E-state index contributed by atoms with van der Waals surface area (Å²) < 4.78 is 6.04. The van der Waals surface area contributed by atoms with Crippen LogP contribution in [-0.4, -0.2) is 17.4 Å². The van der Waals surface area contributed by atoms with Gasteiger partial charge in [-0.15, -0.1) is 12.6 Å². The largest absolute Gasteiger partial charge is 0.481 e. The molecule has 0 amide bonds. The van der Waals surface area contributed by atoms with Crippen LogP contribution in [0.3, 0.4) is 0 Å².